The third kappa shape index (κ3) is 3.60. The van der Waals surface area contributed by atoms with E-state index in [0.717, 1.165) is 12.8 Å². The van der Waals surface area contributed by atoms with Crippen molar-refractivity contribution in [3.8, 4) is 0 Å². The fourth-order valence-corrected chi connectivity index (χ4v) is 2.02. The summed E-state index contributed by atoms with van der Waals surface area (Å²) in [6, 6.07) is 10.9. The number of Topliss-reactive ketones (excluding diaryl/α,β-unsaturated/α-hetero) is 2. The molecule has 0 aliphatic carbocycles. The van der Waals surface area contributed by atoms with Crippen LogP contribution in [0.1, 0.15) is 46.0 Å². The van der Waals surface area contributed by atoms with Crippen molar-refractivity contribution in [3.05, 3.63) is 65.5 Å². The molecule has 1 heterocycles. The van der Waals surface area contributed by atoms with Gasteiger partial charge in [-0.2, -0.15) is 0 Å². The van der Waals surface area contributed by atoms with Crippen molar-refractivity contribution in [2.45, 2.75) is 26.2 Å². The molecule has 20 heavy (non-hydrogen) atoms. The van der Waals surface area contributed by atoms with Crippen LogP contribution in [0.25, 0.3) is 0 Å². The van der Waals surface area contributed by atoms with E-state index >= 15 is 0 Å². The standard InChI is InChI=1S/C17H17NO2/c1-2-4-13-6-8-14(9-7-13)16(19)11-17(20)15-5-3-10-18-12-15/h3,5-10,12H,2,4,11H2,1H3. The number of hydrogen-bond donors (Lipinski definition) is 0. The molecule has 3 heteroatoms. The van der Waals surface area contributed by atoms with Gasteiger partial charge in [-0.3, -0.25) is 14.6 Å². The Labute approximate surface area is 118 Å². The van der Waals surface area contributed by atoms with Crippen LogP contribution < -0.4 is 0 Å². The number of hydrogen-bond acceptors (Lipinski definition) is 3. The molecular formula is C17H17NO2. The molecule has 0 fully saturated rings. The summed E-state index contributed by atoms with van der Waals surface area (Å²) < 4.78 is 0. The maximum absolute atomic E-state index is 12.1. The summed E-state index contributed by atoms with van der Waals surface area (Å²) in [6.45, 7) is 2.12. The van der Waals surface area contributed by atoms with Crippen LogP contribution in [0, 0.1) is 0 Å². The van der Waals surface area contributed by atoms with Gasteiger partial charge in [-0.15, -0.1) is 0 Å². The van der Waals surface area contributed by atoms with E-state index in [9.17, 15) is 9.59 Å². The van der Waals surface area contributed by atoms with Gasteiger partial charge in [-0.1, -0.05) is 37.6 Å². The highest BCUT2D eigenvalue weighted by Crippen LogP contribution is 2.11. The lowest BCUT2D eigenvalue weighted by Gasteiger charge is -2.03. The highest BCUT2D eigenvalue weighted by molar-refractivity contribution is 6.13. The van der Waals surface area contributed by atoms with Crippen molar-refractivity contribution in [1.29, 1.82) is 0 Å². The van der Waals surface area contributed by atoms with Gasteiger partial charge in [0.15, 0.2) is 11.6 Å². The Morgan fingerprint density at radius 1 is 1.00 bits per heavy atom. The third-order valence-electron chi connectivity index (χ3n) is 3.12. The van der Waals surface area contributed by atoms with Crippen LogP contribution in [0.2, 0.25) is 0 Å². The number of rotatable bonds is 6. The number of nitrogens with zero attached hydrogens (tertiary/aromatic N) is 1. The van der Waals surface area contributed by atoms with Crippen LogP contribution in [0.15, 0.2) is 48.8 Å². The number of carbonyl (C=O) groups is 2. The molecule has 1 aromatic heterocycles. The highest BCUT2D eigenvalue weighted by Gasteiger charge is 2.13. The number of aromatic nitrogens is 1. The molecule has 0 aliphatic heterocycles. The normalized spacial score (nSPS) is 10.2. The van der Waals surface area contributed by atoms with Crippen molar-refractivity contribution in [2.24, 2.45) is 0 Å². The number of carbonyl (C=O) groups excluding carboxylic acids is 2. The minimum atomic E-state index is -0.194. The lowest BCUT2D eigenvalue weighted by atomic mass is 10.0. The van der Waals surface area contributed by atoms with Crippen molar-refractivity contribution < 1.29 is 9.59 Å². The number of aryl methyl sites for hydroxylation is 1. The van der Waals surface area contributed by atoms with Gasteiger partial charge in [-0.25, -0.2) is 0 Å². The molecule has 0 aliphatic rings. The topological polar surface area (TPSA) is 47.0 Å². The molecule has 0 unspecified atom stereocenters. The Balaban J connectivity index is 2.03. The van der Waals surface area contributed by atoms with E-state index in [1.165, 1.54) is 11.8 Å². The zero-order valence-electron chi connectivity index (χ0n) is 11.5. The van der Waals surface area contributed by atoms with E-state index in [2.05, 4.69) is 11.9 Å². The van der Waals surface area contributed by atoms with Crippen molar-refractivity contribution in [2.75, 3.05) is 0 Å². The molecule has 1 aromatic carbocycles. The summed E-state index contributed by atoms with van der Waals surface area (Å²) in [4.78, 5) is 27.9. The molecule has 2 aromatic rings. The van der Waals surface area contributed by atoms with E-state index in [4.69, 9.17) is 0 Å². The summed E-state index contributed by atoms with van der Waals surface area (Å²) in [5.41, 5.74) is 2.27. The molecule has 0 spiro atoms. The SMILES string of the molecule is CCCc1ccc(C(=O)CC(=O)c2cccnc2)cc1. The smallest absolute Gasteiger partial charge is 0.172 e. The number of pyridine rings is 1. The number of benzene rings is 1. The largest absolute Gasteiger partial charge is 0.294 e. The van der Waals surface area contributed by atoms with E-state index in [1.807, 2.05) is 12.1 Å². The van der Waals surface area contributed by atoms with Gasteiger partial charge in [0.1, 0.15) is 0 Å². The first-order chi connectivity index (χ1) is 9.70. The van der Waals surface area contributed by atoms with Gasteiger partial charge in [-0.05, 0) is 24.1 Å². The summed E-state index contributed by atoms with van der Waals surface area (Å²) in [6.07, 6.45) is 5.06. The molecule has 0 atom stereocenters. The van der Waals surface area contributed by atoms with Gasteiger partial charge in [0, 0.05) is 23.5 Å². The van der Waals surface area contributed by atoms with E-state index in [-0.39, 0.29) is 18.0 Å². The second-order valence-electron chi connectivity index (χ2n) is 4.71. The van der Waals surface area contributed by atoms with Crippen LogP contribution >= 0.6 is 0 Å². The fourth-order valence-electron chi connectivity index (χ4n) is 2.02. The van der Waals surface area contributed by atoms with E-state index in [1.54, 1.807) is 30.5 Å². The molecule has 0 saturated heterocycles. The van der Waals surface area contributed by atoms with Gasteiger partial charge < -0.3 is 0 Å². The van der Waals surface area contributed by atoms with E-state index in [0.29, 0.717) is 11.1 Å². The predicted octanol–water partition coefficient (Wildman–Crippen LogP) is 3.49. The zero-order chi connectivity index (χ0) is 14.4. The van der Waals surface area contributed by atoms with Crippen LogP contribution in [-0.4, -0.2) is 16.6 Å². The molecular weight excluding hydrogens is 250 g/mol. The van der Waals surface area contributed by atoms with Crippen LogP contribution in [0.5, 0.6) is 0 Å². The van der Waals surface area contributed by atoms with Gasteiger partial charge in [0.05, 0.1) is 6.42 Å². The molecule has 0 bridgehead atoms. The lowest BCUT2D eigenvalue weighted by Crippen LogP contribution is -2.08. The average Bonchev–Trinajstić information content (AvgIpc) is 2.49. The van der Waals surface area contributed by atoms with Crippen molar-refractivity contribution in [1.82, 2.24) is 4.98 Å². The Morgan fingerprint density at radius 2 is 1.70 bits per heavy atom. The first kappa shape index (κ1) is 14.1. The summed E-state index contributed by atoms with van der Waals surface area (Å²) in [5, 5.41) is 0. The predicted molar refractivity (Wildman–Crippen MR) is 78.0 cm³/mol. The summed E-state index contributed by atoms with van der Waals surface area (Å²) >= 11 is 0. The minimum absolute atomic E-state index is 0.112. The Bertz CT molecular complexity index is 588. The monoisotopic (exact) mass is 267 g/mol. The maximum atomic E-state index is 12.1. The van der Waals surface area contributed by atoms with E-state index < -0.39 is 0 Å². The van der Waals surface area contributed by atoms with Gasteiger partial charge in [0.25, 0.3) is 0 Å². The maximum Gasteiger partial charge on any atom is 0.172 e. The van der Waals surface area contributed by atoms with Gasteiger partial charge in [0.2, 0.25) is 0 Å². The molecule has 0 N–H and O–H groups in total. The molecule has 102 valence electrons. The summed E-state index contributed by atoms with van der Waals surface area (Å²) in [7, 11) is 0. The van der Waals surface area contributed by atoms with Crippen LogP contribution in [0.3, 0.4) is 0 Å². The van der Waals surface area contributed by atoms with Crippen LogP contribution in [-0.2, 0) is 6.42 Å². The minimum Gasteiger partial charge on any atom is -0.294 e. The zero-order valence-corrected chi connectivity index (χ0v) is 11.5. The Morgan fingerprint density at radius 3 is 2.30 bits per heavy atom. The molecule has 0 saturated carbocycles. The second kappa shape index (κ2) is 6.75. The number of ketones is 2. The van der Waals surface area contributed by atoms with Crippen molar-refractivity contribution >= 4 is 11.6 Å². The quantitative estimate of drug-likeness (QED) is 0.594. The molecule has 3 nitrogen and oxygen atoms in total. The first-order valence-corrected chi connectivity index (χ1v) is 6.76. The lowest BCUT2D eigenvalue weighted by molar-refractivity contribution is 0.0894. The van der Waals surface area contributed by atoms with Crippen LogP contribution in [0.4, 0.5) is 0 Å². The highest BCUT2D eigenvalue weighted by atomic mass is 16.1. The fraction of sp³-hybridized carbons (Fsp3) is 0.235. The first-order valence-electron chi connectivity index (χ1n) is 6.76. The van der Waals surface area contributed by atoms with Crippen molar-refractivity contribution in [3.63, 3.8) is 0 Å². The molecule has 0 amide bonds. The summed E-state index contributed by atoms with van der Waals surface area (Å²) in [5.74, 6) is -0.345. The molecule has 2 rings (SSSR count). The Hall–Kier alpha value is -2.29. The van der Waals surface area contributed by atoms with Gasteiger partial charge >= 0.3 is 0 Å². The average molecular weight is 267 g/mol. The molecule has 0 radical (unpaired) electrons. The Kier molecular flexibility index (Phi) is 4.77. The third-order valence-corrected chi connectivity index (χ3v) is 3.12. The second-order valence-corrected chi connectivity index (χ2v) is 4.71.